The zero-order chi connectivity index (χ0) is 10.8. The first-order valence-corrected chi connectivity index (χ1v) is 4.90. The van der Waals surface area contributed by atoms with Gasteiger partial charge >= 0.3 is 6.18 Å². The third kappa shape index (κ3) is 3.46. The van der Waals surface area contributed by atoms with Crippen molar-refractivity contribution in [1.82, 2.24) is 0 Å². The first-order chi connectivity index (χ1) is 6.39. The fraction of sp³-hybridized carbons (Fsp3) is 1.00. The van der Waals surface area contributed by atoms with E-state index in [1.54, 1.807) is 0 Å². The monoisotopic (exact) mass is 211 g/mol. The summed E-state index contributed by atoms with van der Waals surface area (Å²) >= 11 is 0. The number of hydrogen-bond donors (Lipinski definition) is 2. The van der Waals surface area contributed by atoms with Crippen molar-refractivity contribution in [3.63, 3.8) is 0 Å². The van der Waals surface area contributed by atoms with Gasteiger partial charge in [-0.05, 0) is 25.2 Å². The van der Waals surface area contributed by atoms with E-state index in [4.69, 9.17) is 10.8 Å². The Morgan fingerprint density at radius 3 is 2.50 bits per heavy atom. The first-order valence-electron chi connectivity index (χ1n) is 4.90. The fourth-order valence-corrected chi connectivity index (χ4v) is 2.00. The molecule has 0 aromatic rings. The summed E-state index contributed by atoms with van der Waals surface area (Å²) in [7, 11) is 0. The molecule has 0 aromatic heterocycles. The van der Waals surface area contributed by atoms with Crippen molar-refractivity contribution in [1.29, 1.82) is 0 Å². The van der Waals surface area contributed by atoms with Crippen LogP contribution in [0.25, 0.3) is 0 Å². The summed E-state index contributed by atoms with van der Waals surface area (Å²) in [6, 6.07) is 0.00850. The van der Waals surface area contributed by atoms with E-state index in [1.807, 2.05) is 0 Å². The molecule has 1 fully saturated rings. The zero-order valence-corrected chi connectivity index (χ0v) is 7.93. The average molecular weight is 211 g/mol. The second-order valence-electron chi connectivity index (χ2n) is 4.09. The van der Waals surface area contributed by atoms with E-state index < -0.39 is 12.3 Å². The Morgan fingerprint density at radius 1 is 1.36 bits per heavy atom. The Labute approximate surface area is 81.3 Å². The second kappa shape index (κ2) is 4.49. The van der Waals surface area contributed by atoms with E-state index in [0.29, 0.717) is 6.42 Å². The third-order valence-electron chi connectivity index (χ3n) is 2.76. The molecular formula is C9H16F3NO. The SMILES string of the molecule is NC1CCCC(CC(O)C(F)(F)F)C1. The van der Waals surface area contributed by atoms with Gasteiger partial charge in [-0.2, -0.15) is 13.2 Å². The molecule has 0 saturated heterocycles. The highest BCUT2D eigenvalue weighted by Crippen LogP contribution is 2.31. The number of halogens is 3. The normalized spacial score (nSPS) is 31.5. The Bertz CT molecular complexity index is 183. The van der Waals surface area contributed by atoms with Crippen LogP contribution in [0.1, 0.15) is 32.1 Å². The Morgan fingerprint density at radius 2 is 2.00 bits per heavy atom. The van der Waals surface area contributed by atoms with Crippen LogP contribution < -0.4 is 5.73 Å². The summed E-state index contributed by atoms with van der Waals surface area (Å²) in [4.78, 5) is 0. The molecule has 84 valence electrons. The van der Waals surface area contributed by atoms with Crippen molar-refractivity contribution in [2.24, 2.45) is 11.7 Å². The minimum Gasteiger partial charge on any atom is -0.384 e. The van der Waals surface area contributed by atoms with Gasteiger partial charge in [-0.25, -0.2) is 0 Å². The number of aliphatic hydroxyl groups is 1. The maximum absolute atomic E-state index is 12.0. The lowest BCUT2D eigenvalue weighted by Gasteiger charge is -2.28. The van der Waals surface area contributed by atoms with Crippen LogP contribution in [0.2, 0.25) is 0 Å². The van der Waals surface area contributed by atoms with Crippen LogP contribution in [0.3, 0.4) is 0 Å². The lowest BCUT2D eigenvalue weighted by Crippen LogP contribution is -2.34. The molecule has 0 spiro atoms. The molecule has 3 atom stereocenters. The predicted octanol–water partition coefficient (Wildman–Crippen LogP) is 1.82. The van der Waals surface area contributed by atoms with Crippen LogP contribution >= 0.6 is 0 Å². The molecule has 0 aromatic carbocycles. The molecule has 0 bridgehead atoms. The standard InChI is InChI=1S/C9H16F3NO/c10-9(11,12)8(14)5-6-2-1-3-7(13)4-6/h6-8,14H,1-5,13H2. The highest BCUT2D eigenvalue weighted by Gasteiger charge is 2.39. The molecule has 1 aliphatic carbocycles. The fourth-order valence-electron chi connectivity index (χ4n) is 2.00. The van der Waals surface area contributed by atoms with Crippen LogP contribution in [0, 0.1) is 5.92 Å². The molecule has 5 heteroatoms. The number of rotatable bonds is 2. The summed E-state index contributed by atoms with van der Waals surface area (Å²) < 4.78 is 36.1. The summed E-state index contributed by atoms with van der Waals surface area (Å²) in [5, 5.41) is 8.86. The molecule has 1 saturated carbocycles. The smallest absolute Gasteiger partial charge is 0.384 e. The van der Waals surface area contributed by atoms with Gasteiger partial charge < -0.3 is 10.8 Å². The summed E-state index contributed by atoms with van der Waals surface area (Å²) in [6.07, 6.45) is -3.75. The van der Waals surface area contributed by atoms with Gasteiger partial charge in [0.25, 0.3) is 0 Å². The lowest BCUT2D eigenvalue weighted by atomic mass is 9.83. The number of alkyl halides is 3. The molecule has 1 aliphatic rings. The maximum Gasteiger partial charge on any atom is 0.414 e. The largest absolute Gasteiger partial charge is 0.414 e. The van der Waals surface area contributed by atoms with Crippen molar-refractivity contribution in [2.75, 3.05) is 0 Å². The van der Waals surface area contributed by atoms with E-state index in [2.05, 4.69) is 0 Å². The van der Waals surface area contributed by atoms with Gasteiger partial charge in [-0.1, -0.05) is 12.8 Å². The number of nitrogens with two attached hydrogens (primary N) is 1. The molecule has 0 aliphatic heterocycles. The quantitative estimate of drug-likeness (QED) is 0.731. The Balaban J connectivity index is 2.36. The van der Waals surface area contributed by atoms with Gasteiger partial charge in [0.05, 0.1) is 0 Å². The zero-order valence-electron chi connectivity index (χ0n) is 7.93. The van der Waals surface area contributed by atoms with E-state index in [-0.39, 0.29) is 18.4 Å². The molecule has 3 unspecified atom stereocenters. The lowest BCUT2D eigenvalue weighted by molar-refractivity contribution is -0.209. The molecule has 0 amide bonds. The van der Waals surface area contributed by atoms with Crippen LogP contribution in [0.4, 0.5) is 13.2 Å². The minimum atomic E-state index is -4.48. The van der Waals surface area contributed by atoms with Gasteiger partial charge in [0.2, 0.25) is 0 Å². The van der Waals surface area contributed by atoms with Crippen LogP contribution in [-0.4, -0.2) is 23.4 Å². The molecule has 0 radical (unpaired) electrons. The molecule has 1 rings (SSSR count). The predicted molar refractivity (Wildman–Crippen MR) is 46.6 cm³/mol. The van der Waals surface area contributed by atoms with Gasteiger partial charge in [0.15, 0.2) is 0 Å². The van der Waals surface area contributed by atoms with Gasteiger partial charge in [0.1, 0.15) is 6.10 Å². The topological polar surface area (TPSA) is 46.2 Å². The van der Waals surface area contributed by atoms with Crippen LogP contribution in [0.15, 0.2) is 0 Å². The molecule has 2 nitrogen and oxygen atoms in total. The van der Waals surface area contributed by atoms with Gasteiger partial charge in [-0.15, -0.1) is 0 Å². The van der Waals surface area contributed by atoms with E-state index in [0.717, 1.165) is 19.3 Å². The van der Waals surface area contributed by atoms with Crippen molar-refractivity contribution in [2.45, 2.75) is 50.4 Å². The molecule has 3 N–H and O–H groups in total. The molecule has 0 heterocycles. The number of aliphatic hydroxyl groups excluding tert-OH is 1. The summed E-state index contributed by atoms with van der Waals surface area (Å²) in [6.45, 7) is 0. The number of hydrogen-bond acceptors (Lipinski definition) is 2. The molecule has 14 heavy (non-hydrogen) atoms. The van der Waals surface area contributed by atoms with Crippen molar-refractivity contribution in [3.05, 3.63) is 0 Å². The Hall–Kier alpha value is -0.290. The van der Waals surface area contributed by atoms with Gasteiger partial charge in [-0.3, -0.25) is 0 Å². The summed E-state index contributed by atoms with van der Waals surface area (Å²) in [5.74, 6) is -0.0737. The average Bonchev–Trinajstić information content (AvgIpc) is 2.02. The second-order valence-corrected chi connectivity index (χ2v) is 4.09. The van der Waals surface area contributed by atoms with Gasteiger partial charge in [0, 0.05) is 6.04 Å². The van der Waals surface area contributed by atoms with Crippen molar-refractivity contribution >= 4 is 0 Å². The highest BCUT2D eigenvalue weighted by atomic mass is 19.4. The van der Waals surface area contributed by atoms with Crippen LogP contribution in [0.5, 0.6) is 0 Å². The van der Waals surface area contributed by atoms with Crippen molar-refractivity contribution < 1.29 is 18.3 Å². The summed E-state index contributed by atoms with van der Waals surface area (Å²) in [5.41, 5.74) is 5.65. The molecular weight excluding hydrogens is 195 g/mol. The maximum atomic E-state index is 12.0. The van der Waals surface area contributed by atoms with E-state index in [9.17, 15) is 13.2 Å². The van der Waals surface area contributed by atoms with Crippen molar-refractivity contribution in [3.8, 4) is 0 Å². The minimum absolute atomic E-state index is 0.00850. The first kappa shape index (κ1) is 11.8. The van der Waals surface area contributed by atoms with E-state index in [1.165, 1.54) is 0 Å². The van der Waals surface area contributed by atoms with Crippen LogP contribution in [-0.2, 0) is 0 Å². The van der Waals surface area contributed by atoms with E-state index >= 15 is 0 Å². The Kier molecular flexibility index (Phi) is 3.78. The highest BCUT2D eigenvalue weighted by molar-refractivity contribution is 4.79. The third-order valence-corrected chi connectivity index (χ3v) is 2.76.